The maximum absolute atomic E-state index is 12.6. The van der Waals surface area contributed by atoms with Gasteiger partial charge in [-0.3, -0.25) is 9.59 Å². The van der Waals surface area contributed by atoms with E-state index in [0.29, 0.717) is 31.6 Å². The largest absolute Gasteiger partial charge is 0.481 e. The van der Waals surface area contributed by atoms with Gasteiger partial charge in [0.15, 0.2) is 0 Å². The van der Waals surface area contributed by atoms with Gasteiger partial charge in [-0.05, 0) is 106 Å². The molecular formula is C30H48O6. The molecule has 0 aromatic rings. The van der Waals surface area contributed by atoms with E-state index in [1.807, 2.05) is 13.8 Å². The number of carboxylic acid groups (broad SMARTS) is 1. The van der Waals surface area contributed by atoms with E-state index >= 15 is 0 Å². The third kappa shape index (κ3) is 4.34. The fraction of sp³-hybridized carbons (Fsp3) is 0.867. The maximum Gasteiger partial charge on any atom is 0.306 e. The number of aliphatic hydroxyl groups excluding tert-OH is 2. The number of carboxylic acids is 1. The van der Waals surface area contributed by atoms with Crippen molar-refractivity contribution in [3.05, 3.63) is 11.6 Å². The third-order valence-electron chi connectivity index (χ3n) is 11.6. The van der Waals surface area contributed by atoms with E-state index in [1.54, 1.807) is 0 Å². The van der Waals surface area contributed by atoms with Crippen molar-refractivity contribution < 1.29 is 29.6 Å². The molecular weight excluding hydrogens is 456 g/mol. The molecule has 0 heterocycles. The molecule has 204 valence electrons. The number of hydrogen-bond donors (Lipinski definition) is 3. The van der Waals surface area contributed by atoms with Crippen molar-refractivity contribution in [2.75, 3.05) is 0 Å². The molecule has 0 amide bonds. The molecule has 4 aliphatic rings. The lowest BCUT2D eigenvalue weighted by Gasteiger charge is -2.68. The second-order valence-corrected chi connectivity index (χ2v) is 13.6. The molecule has 3 N–H and O–H groups in total. The first-order valence-electron chi connectivity index (χ1n) is 14.1. The van der Waals surface area contributed by atoms with Crippen LogP contribution in [0.4, 0.5) is 0 Å². The molecule has 6 heteroatoms. The Bertz CT molecular complexity index is 894. The summed E-state index contributed by atoms with van der Waals surface area (Å²) in [4.78, 5) is 24.8. The first-order valence-corrected chi connectivity index (χ1v) is 14.1. The van der Waals surface area contributed by atoms with Crippen LogP contribution in [0.2, 0.25) is 0 Å². The first kappa shape index (κ1) is 27.6. The Labute approximate surface area is 216 Å². The smallest absolute Gasteiger partial charge is 0.306 e. The number of esters is 1. The van der Waals surface area contributed by atoms with E-state index in [0.717, 1.165) is 37.7 Å². The molecule has 0 saturated heterocycles. The molecule has 0 aromatic heterocycles. The minimum absolute atomic E-state index is 0.0276. The van der Waals surface area contributed by atoms with Crippen LogP contribution in [0.1, 0.15) is 99.3 Å². The minimum Gasteiger partial charge on any atom is -0.481 e. The summed E-state index contributed by atoms with van der Waals surface area (Å²) in [5.41, 5.74) is 0.678. The van der Waals surface area contributed by atoms with Crippen LogP contribution in [-0.4, -0.2) is 45.6 Å². The van der Waals surface area contributed by atoms with Gasteiger partial charge in [0, 0.05) is 12.8 Å². The quantitative estimate of drug-likeness (QED) is 0.332. The lowest BCUT2D eigenvalue weighted by molar-refractivity contribution is -0.231. The summed E-state index contributed by atoms with van der Waals surface area (Å²) < 4.78 is 5.91. The predicted octanol–water partition coefficient (Wildman–Crippen LogP) is 5.36. The Hall–Kier alpha value is -1.40. The summed E-state index contributed by atoms with van der Waals surface area (Å²) in [6.07, 6.45) is 7.69. The fourth-order valence-corrected chi connectivity index (χ4v) is 9.88. The molecule has 4 aliphatic carbocycles. The molecule has 4 saturated carbocycles. The van der Waals surface area contributed by atoms with Crippen molar-refractivity contribution in [2.45, 2.75) is 118 Å². The van der Waals surface area contributed by atoms with E-state index in [4.69, 9.17) is 4.74 Å². The number of rotatable bonds is 6. The Morgan fingerprint density at radius 2 is 1.72 bits per heavy atom. The van der Waals surface area contributed by atoms with E-state index in [-0.39, 0.29) is 46.1 Å². The second kappa shape index (κ2) is 9.72. The summed E-state index contributed by atoms with van der Waals surface area (Å²) in [5, 5.41) is 32.6. The Balaban J connectivity index is 1.74. The average molecular weight is 505 g/mol. The number of hydrogen-bond acceptors (Lipinski definition) is 5. The standard InChI is InChI=1S/C30H48O6/c1-17(2)8-7-9-21(27(34)35)25-22-15-23(33)26-28(4)12-11-20(32)14-19(28)10-13-29(26,5)30(22,6)16-24(25)36-18(3)31/h8,19-26,32-33H,7,9-16H2,1-6H3,(H,34,35)/t19?,20-,21?,22-,23-,24+,25?,26-,28+,29+,30+/m1/s1. The third-order valence-corrected chi connectivity index (χ3v) is 11.6. The number of fused-ring (bicyclic) bond motifs is 5. The van der Waals surface area contributed by atoms with Crippen LogP contribution in [0.5, 0.6) is 0 Å². The molecule has 4 fully saturated rings. The zero-order chi connectivity index (χ0) is 26.6. The van der Waals surface area contributed by atoms with Crippen molar-refractivity contribution in [1.82, 2.24) is 0 Å². The minimum atomic E-state index is -0.831. The zero-order valence-corrected chi connectivity index (χ0v) is 23.1. The van der Waals surface area contributed by atoms with Crippen molar-refractivity contribution in [2.24, 2.45) is 45.8 Å². The van der Waals surface area contributed by atoms with Crippen molar-refractivity contribution >= 4 is 11.9 Å². The highest BCUT2D eigenvalue weighted by molar-refractivity contribution is 5.71. The topological polar surface area (TPSA) is 104 Å². The van der Waals surface area contributed by atoms with E-state index < -0.39 is 24.1 Å². The second-order valence-electron chi connectivity index (χ2n) is 13.6. The first-order chi connectivity index (χ1) is 16.7. The monoisotopic (exact) mass is 504 g/mol. The average Bonchev–Trinajstić information content (AvgIpc) is 3.03. The van der Waals surface area contributed by atoms with Crippen LogP contribution >= 0.6 is 0 Å². The van der Waals surface area contributed by atoms with Crippen molar-refractivity contribution in [3.8, 4) is 0 Å². The molecule has 0 radical (unpaired) electrons. The van der Waals surface area contributed by atoms with Gasteiger partial charge in [0.05, 0.1) is 18.1 Å². The van der Waals surface area contributed by atoms with Gasteiger partial charge in [-0.15, -0.1) is 0 Å². The Morgan fingerprint density at radius 3 is 2.33 bits per heavy atom. The number of ether oxygens (including phenoxy) is 1. The van der Waals surface area contributed by atoms with Crippen LogP contribution in [0.25, 0.3) is 0 Å². The predicted molar refractivity (Wildman–Crippen MR) is 138 cm³/mol. The number of allylic oxidation sites excluding steroid dienone is 2. The van der Waals surface area contributed by atoms with Crippen LogP contribution < -0.4 is 0 Å². The van der Waals surface area contributed by atoms with E-state index in [2.05, 4.69) is 26.8 Å². The summed E-state index contributed by atoms with van der Waals surface area (Å²) in [7, 11) is 0. The summed E-state index contributed by atoms with van der Waals surface area (Å²) in [5.74, 6) is -1.68. The number of carbonyl (C=O) groups excluding carboxylic acids is 1. The highest BCUT2D eigenvalue weighted by atomic mass is 16.5. The van der Waals surface area contributed by atoms with Crippen LogP contribution in [0, 0.1) is 45.8 Å². The molecule has 0 aromatic carbocycles. The van der Waals surface area contributed by atoms with E-state index in [1.165, 1.54) is 6.92 Å². The summed E-state index contributed by atoms with van der Waals surface area (Å²) in [6, 6.07) is 0. The van der Waals surface area contributed by atoms with Crippen LogP contribution in [0.15, 0.2) is 11.6 Å². The zero-order valence-electron chi connectivity index (χ0n) is 23.1. The SMILES string of the molecule is CC(=O)O[C@H]1C[C@@]2(C)[C@H](C[C@@H](O)[C@@H]3[C@@]4(C)CC[C@@H](O)CC4CC[C@@]32C)C1C(CCC=C(C)C)C(=O)O. The van der Waals surface area contributed by atoms with Crippen LogP contribution in [0.3, 0.4) is 0 Å². The summed E-state index contributed by atoms with van der Waals surface area (Å²) in [6.45, 7) is 12.4. The molecule has 11 atom stereocenters. The summed E-state index contributed by atoms with van der Waals surface area (Å²) >= 11 is 0. The van der Waals surface area contributed by atoms with Crippen molar-refractivity contribution in [3.63, 3.8) is 0 Å². The number of aliphatic hydroxyl groups is 2. The number of carbonyl (C=O) groups is 2. The highest BCUT2D eigenvalue weighted by Gasteiger charge is 2.71. The normalized spacial score (nSPS) is 46.6. The molecule has 0 bridgehead atoms. The fourth-order valence-electron chi connectivity index (χ4n) is 9.88. The van der Waals surface area contributed by atoms with Gasteiger partial charge >= 0.3 is 11.9 Å². The maximum atomic E-state index is 12.6. The molecule has 6 nitrogen and oxygen atoms in total. The van der Waals surface area contributed by atoms with E-state index in [9.17, 15) is 24.9 Å². The van der Waals surface area contributed by atoms with Gasteiger partial charge < -0.3 is 20.1 Å². The van der Waals surface area contributed by atoms with Gasteiger partial charge in [0.2, 0.25) is 0 Å². The Kier molecular flexibility index (Phi) is 7.46. The number of aliphatic carboxylic acids is 1. The van der Waals surface area contributed by atoms with Gasteiger partial charge in [0.1, 0.15) is 6.10 Å². The van der Waals surface area contributed by atoms with Gasteiger partial charge in [-0.1, -0.05) is 32.4 Å². The lowest BCUT2D eigenvalue weighted by atomic mass is 9.37. The van der Waals surface area contributed by atoms with Crippen LogP contribution in [-0.2, 0) is 14.3 Å². The Morgan fingerprint density at radius 1 is 1.03 bits per heavy atom. The molecule has 3 unspecified atom stereocenters. The molecule has 0 aliphatic heterocycles. The van der Waals surface area contributed by atoms with Crippen molar-refractivity contribution in [1.29, 1.82) is 0 Å². The molecule has 4 rings (SSSR count). The van der Waals surface area contributed by atoms with Gasteiger partial charge in [-0.2, -0.15) is 0 Å². The van der Waals surface area contributed by atoms with Gasteiger partial charge in [-0.25, -0.2) is 0 Å². The highest BCUT2D eigenvalue weighted by Crippen LogP contribution is 2.74. The van der Waals surface area contributed by atoms with Gasteiger partial charge in [0.25, 0.3) is 0 Å². The lowest BCUT2D eigenvalue weighted by Crippen LogP contribution is -2.65. The molecule has 0 spiro atoms. The molecule has 36 heavy (non-hydrogen) atoms.